The zero-order valence-corrected chi connectivity index (χ0v) is 9.78. The first-order valence-corrected chi connectivity index (χ1v) is 5.33. The maximum atomic E-state index is 12.8. The predicted octanol–water partition coefficient (Wildman–Crippen LogP) is 2.95. The number of aromatic nitrogens is 1. The second kappa shape index (κ2) is 5.99. The van der Waals surface area contributed by atoms with E-state index >= 15 is 0 Å². The number of hydrogen-bond acceptors (Lipinski definition) is 2. The fourth-order valence-corrected chi connectivity index (χ4v) is 1.36. The summed E-state index contributed by atoms with van der Waals surface area (Å²) in [7, 11) is 0. The lowest BCUT2D eigenvalue weighted by Crippen LogP contribution is -2.26. The molecule has 0 saturated heterocycles. The Morgan fingerprint density at radius 2 is 2.11 bits per heavy atom. The third-order valence-corrected chi connectivity index (χ3v) is 2.27. The summed E-state index contributed by atoms with van der Waals surface area (Å²) in [6.45, 7) is -0.175. The van der Waals surface area contributed by atoms with Gasteiger partial charge in [-0.15, -0.1) is 0 Å². The molecule has 1 heterocycles. The Kier molecular flexibility index (Phi) is 4.89. The van der Waals surface area contributed by atoms with E-state index in [0.717, 1.165) is 12.3 Å². The van der Waals surface area contributed by atoms with Crippen LogP contribution in [0, 0.1) is 5.82 Å². The highest BCUT2D eigenvalue weighted by Gasteiger charge is 2.26. The number of pyridine rings is 1. The van der Waals surface area contributed by atoms with Crippen LogP contribution in [-0.4, -0.2) is 23.6 Å². The molecule has 0 aliphatic carbocycles. The van der Waals surface area contributed by atoms with Gasteiger partial charge >= 0.3 is 6.18 Å². The van der Waals surface area contributed by atoms with Crippen LogP contribution >= 0.6 is 11.6 Å². The van der Waals surface area contributed by atoms with Crippen molar-refractivity contribution < 1.29 is 22.4 Å². The first-order chi connectivity index (χ1) is 8.29. The van der Waals surface area contributed by atoms with Crippen LogP contribution in [0.1, 0.15) is 23.2 Å². The number of alkyl halides is 3. The van der Waals surface area contributed by atoms with Crippen LogP contribution in [0.4, 0.5) is 17.6 Å². The quantitative estimate of drug-likeness (QED) is 0.525. The molecular weight excluding hydrogens is 276 g/mol. The molecule has 0 aliphatic heterocycles. The standard InChI is InChI=1S/C10H9ClF4N2O/c11-8-7(4-6(12)5-17-8)9(18)16-3-1-2-10(13,14)15/h4-5H,1-3H2,(H,16,18). The molecule has 1 rings (SSSR count). The summed E-state index contributed by atoms with van der Waals surface area (Å²) in [4.78, 5) is 14.9. The summed E-state index contributed by atoms with van der Waals surface area (Å²) in [5.74, 6) is -1.51. The van der Waals surface area contributed by atoms with Crippen LogP contribution in [0.2, 0.25) is 5.15 Å². The minimum Gasteiger partial charge on any atom is -0.352 e. The van der Waals surface area contributed by atoms with Gasteiger partial charge in [0.1, 0.15) is 11.0 Å². The summed E-state index contributed by atoms with van der Waals surface area (Å²) >= 11 is 5.56. The summed E-state index contributed by atoms with van der Waals surface area (Å²) in [6.07, 6.45) is -4.68. The Morgan fingerprint density at radius 3 is 2.72 bits per heavy atom. The highest BCUT2D eigenvalue weighted by atomic mass is 35.5. The molecule has 100 valence electrons. The van der Waals surface area contributed by atoms with Crippen LogP contribution in [0.25, 0.3) is 0 Å². The van der Waals surface area contributed by atoms with Crippen LogP contribution in [0.3, 0.4) is 0 Å². The topological polar surface area (TPSA) is 42.0 Å². The Balaban J connectivity index is 2.48. The zero-order chi connectivity index (χ0) is 13.8. The number of halogens is 5. The van der Waals surface area contributed by atoms with E-state index in [4.69, 9.17) is 11.6 Å². The third-order valence-electron chi connectivity index (χ3n) is 1.97. The summed E-state index contributed by atoms with van der Waals surface area (Å²) in [5, 5.41) is 2.01. The van der Waals surface area contributed by atoms with Crippen molar-refractivity contribution in [3.8, 4) is 0 Å². The molecule has 1 aromatic heterocycles. The van der Waals surface area contributed by atoms with Crippen LogP contribution in [0.15, 0.2) is 12.3 Å². The van der Waals surface area contributed by atoms with Gasteiger partial charge in [0.25, 0.3) is 5.91 Å². The van der Waals surface area contributed by atoms with Crippen LogP contribution in [-0.2, 0) is 0 Å². The Labute approximate surface area is 105 Å². The normalized spacial score (nSPS) is 11.4. The second-order valence-corrected chi connectivity index (χ2v) is 3.82. The van der Waals surface area contributed by atoms with Gasteiger partial charge in [-0.05, 0) is 12.5 Å². The monoisotopic (exact) mass is 284 g/mol. The van der Waals surface area contributed by atoms with E-state index in [1.54, 1.807) is 0 Å². The molecule has 8 heteroatoms. The van der Waals surface area contributed by atoms with E-state index < -0.39 is 24.3 Å². The molecule has 0 fully saturated rings. The van der Waals surface area contributed by atoms with E-state index in [2.05, 4.69) is 10.3 Å². The van der Waals surface area contributed by atoms with Crippen molar-refractivity contribution in [1.82, 2.24) is 10.3 Å². The number of carbonyl (C=O) groups excluding carboxylic acids is 1. The molecule has 0 radical (unpaired) electrons. The van der Waals surface area contributed by atoms with Crippen molar-refractivity contribution in [3.05, 3.63) is 28.8 Å². The predicted molar refractivity (Wildman–Crippen MR) is 56.8 cm³/mol. The average molecular weight is 285 g/mol. The second-order valence-electron chi connectivity index (χ2n) is 3.47. The van der Waals surface area contributed by atoms with Crippen molar-refractivity contribution in [2.45, 2.75) is 19.0 Å². The van der Waals surface area contributed by atoms with Gasteiger partial charge in [-0.1, -0.05) is 11.6 Å². The SMILES string of the molecule is O=C(NCCCC(F)(F)F)c1cc(F)cnc1Cl. The van der Waals surface area contributed by atoms with Crippen molar-refractivity contribution in [3.63, 3.8) is 0 Å². The van der Waals surface area contributed by atoms with Gasteiger partial charge in [0.15, 0.2) is 0 Å². The van der Waals surface area contributed by atoms with E-state index in [1.165, 1.54) is 0 Å². The number of amides is 1. The van der Waals surface area contributed by atoms with Crippen molar-refractivity contribution in [2.24, 2.45) is 0 Å². The molecule has 18 heavy (non-hydrogen) atoms. The maximum absolute atomic E-state index is 12.8. The molecule has 0 aromatic carbocycles. The zero-order valence-electron chi connectivity index (χ0n) is 9.02. The first-order valence-electron chi connectivity index (χ1n) is 4.95. The lowest BCUT2D eigenvalue weighted by Gasteiger charge is -2.08. The van der Waals surface area contributed by atoms with Crippen molar-refractivity contribution in [1.29, 1.82) is 0 Å². The van der Waals surface area contributed by atoms with Crippen LogP contribution in [0.5, 0.6) is 0 Å². The fourth-order valence-electron chi connectivity index (χ4n) is 1.17. The molecule has 3 nitrogen and oxygen atoms in total. The Morgan fingerprint density at radius 1 is 1.44 bits per heavy atom. The number of nitrogens with zero attached hydrogens (tertiary/aromatic N) is 1. The van der Waals surface area contributed by atoms with Gasteiger partial charge in [0.05, 0.1) is 11.8 Å². The van der Waals surface area contributed by atoms with E-state index in [9.17, 15) is 22.4 Å². The average Bonchev–Trinajstić information content (AvgIpc) is 2.26. The molecule has 0 bridgehead atoms. The molecule has 1 aromatic rings. The van der Waals surface area contributed by atoms with Gasteiger partial charge in [0.2, 0.25) is 0 Å². The molecule has 0 spiro atoms. The minimum absolute atomic E-state index is 0.175. The lowest BCUT2D eigenvalue weighted by molar-refractivity contribution is -0.135. The van der Waals surface area contributed by atoms with E-state index in [-0.39, 0.29) is 23.7 Å². The lowest BCUT2D eigenvalue weighted by atomic mass is 10.2. The molecule has 0 unspecified atom stereocenters. The molecule has 1 N–H and O–H groups in total. The summed E-state index contributed by atoms with van der Waals surface area (Å²) in [6, 6.07) is 0.869. The number of carbonyl (C=O) groups is 1. The number of nitrogens with one attached hydrogen (secondary N) is 1. The highest BCUT2D eigenvalue weighted by molar-refractivity contribution is 6.32. The maximum Gasteiger partial charge on any atom is 0.389 e. The van der Waals surface area contributed by atoms with Crippen LogP contribution < -0.4 is 5.32 Å². The van der Waals surface area contributed by atoms with Crippen molar-refractivity contribution in [2.75, 3.05) is 6.54 Å². The van der Waals surface area contributed by atoms with E-state index in [1.807, 2.05) is 0 Å². The summed E-state index contributed by atoms with van der Waals surface area (Å²) in [5.41, 5.74) is -0.205. The fraction of sp³-hybridized carbons (Fsp3) is 0.400. The minimum atomic E-state index is -4.26. The first kappa shape index (κ1) is 14.7. The molecule has 0 atom stereocenters. The largest absolute Gasteiger partial charge is 0.389 e. The molecule has 0 saturated carbocycles. The highest BCUT2D eigenvalue weighted by Crippen LogP contribution is 2.20. The summed E-state index contributed by atoms with van der Waals surface area (Å²) < 4.78 is 48.3. The smallest absolute Gasteiger partial charge is 0.352 e. The molecule has 0 aliphatic rings. The van der Waals surface area contributed by atoms with Gasteiger partial charge in [-0.2, -0.15) is 13.2 Å². The number of rotatable bonds is 4. The van der Waals surface area contributed by atoms with Crippen molar-refractivity contribution >= 4 is 17.5 Å². The van der Waals surface area contributed by atoms with Gasteiger partial charge in [-0.3, -0.25) is 4.79 Å². The Bertz CT molecular complexity index is 436. The van der Waals surface area contributed by atoms with Gasteiger partial charge in [0, 0.05) is 13.0 Å². The van der Waals surface area contributed by atoms with Gasteiger partial charge < -0.3 is 5.32 Å². The number of hydrogen-bond donors (Lipinski definition) is 1. The Hall–Kier alpha value is -1.37. The van der Waals surface area contributed by atoms with Gasteiger partial charge in [-0.25, -0.2) is 9.37 Å². The molecular formula is C10H9ClF4N2O. The van der Waals surface area contributed by atoms with E-state index in [0.29, 0.717) is 0 Å². The third kappa shape index (κ3) is 4.87. The molecule has 1 amide bonds.